The van der Waals surface area contributed by atoms with Gasteiger partial charge in [0, 0.05) is 29.1 Å². The molecule has 1 unspecified atom stereocenters. The number of rotatable bonds is 6. The number of carbonyl (C=O) groups excluding carboxylic acids is 2. The lowest BCUT2D eigenvalue weighted by molar-refractivity contribution is -0.115. The number of hydrogen-bond acceptors (Lipinski definition) is 3. The van der Waals surface area contributed by atoms with Crippen LogP contribution in [0.4, 0.5) is 11.4 Å². The Bertz CT molecular complexity index is 719. The topological polar surface area (TPSA) is 58.2 Å². The summed E-state index contributed by atoms with van der Waals surface area (Å²) >= 11 is 7.41. The molecule has 6 heteroatoms. The third kappa shape index (κ3) is 5.91. The Morgan fingerprint density at radius 3 is 2.33 bits per heavy atom. The lowest BCUT2D eigenvalue weighted by atomic mass is 10.2. The van der Waals surface area contributed by atoms with Crippen LogP contribution in [0.25, 0.3) is 0 Å². The number of benzene rings is 2. The van der Waals surface area contributed by atoms with Crippen molar-refractivity contribution < 1.29 is 9.59 Å². The third-order valence-electron chi connectivity index (χ3n) is 3.23. The second-order valence-electron chi connectivity index (χ2n) is 5.33. The monoisotopic (exact) mass is 362 g/mol. The van der Waals surface area contributed by atoms with E-state index in [1.807, 2.05) is 31.2 Å². The van der Waals surface area contributed by atoms with Crippen LogP contribution in [0.1, 0.15) is 19.4 Å². The van der Waals surface area contributed by atoms with E-state index in [9.17, 15) is 9.59 Å². The van der Waals surface area contributed by atoms with Gasteiger partial charge in [0.25, 0.3) is 0 Å². The van der Waals surface area contributed by atoms with Crippen molar-refractivity contribution in [1.82, 2.24) is 0 Å². The van der Waals surface area contributed by atoms with Crippen LogP contribution in [0.2, 0.25) is 5.02 Å². The van der Waals surface area contributed by atoms with Crippen LogP contribution in [0, 0.1) is 0 Å². The molecule has 126 valence electrons. The first-order valence-electron chi connectivity index (χ1n) is 7.48. The van der Waals surface area contributed by atoms with Crippen LogP contribution in [-0.2, 0) is 15.3 Å². The molecular formula is C18H19ClN2O2S. The quantitative estimate of drug-likeness (QED) is 0.792. The second-order valence-corrected chi connectivity index (χ2v) is 7.10. The fourth-order valence-corrected chi connectivity index (χ4v) is 2.97. The summed E-state index contributed by atoms with van der Waals surface area (Å²) in [6.45, 7) is 3.31. The van der Waals surface area contributed by atoms with Gasteiger partial charge in [-0.05, 0) is 42.8 Å². The number of anilines is 2. The van der Waals surface area contributed by atoms with E-state index in [2.05, 4.69) is 10.6 Å². The van der Waals surface area contributed by atoms with Gasteiger partial charge in [0.15, 0.2) is 0 Å². The van der Waals surface area contributed by atoms with Gasteiger partial charge in [0.05, 0.1) is 5.25 Å². The smallest absolute Gasteiger partial charge is 0.237 e. The van der Waals surface area contributed by atoms with E-state index >= 15 is 0 Å². The lowest BCUT2D eigenvalue weighted by Gasteiger charge is -2.13. The van der Waals surface area contributed by atoms with Crippen molar-refractivity contribution in [3.8, 4) is 0 Å². The third-order valence-corrected chi connectivity index (χ3v) is 4.70. The summed E-state index contributed by atoms with van der Waals surface area (Å²) in [6, 6.07) is 14.7. The molecule has 0 aliphatic carbocycles. The average molecular weight is 363 g/mol. The molecule has 0 heterocycles. The summed E-state index contributed by atoms with van der Waals surface area (Å²) in [4.78, 5) is 23.4. The summed E-state index contributed by atoms with van der Waals surface area (Å²) in [5.74, 6) is 0.511. The fourth-order valence-electron chi connectivity index (χ4n) is 2.00. The number of thioether (sulfide) groups is 1. The first-order chi connectivity index (χ1) is 11.4. The molecule has 0 aliphatic rings. The van der Waals surface area contributed by atoms with Gasteiger partial charge in [-0.3, -0.25) is 9.59 Å². The zero-order valence-corrected chi connectivity index (χ0v) is 15.1. The Kier molecular flexibility index (Phi) is 6.70. The molecule has 2 aromatic carbocycles. The van der Waals surface area contributed by atoms with E-state index in [4.69, 9.17) is 11.6 Å². The van der Waals surface area contributed by atoms with Crippen molar-refractivity contribution in [1.29, 1.82) is 0 Å². The van der Waals surface area contributed by atoms with Crippen molar-refractivity contribution in [2.45, 2.75) is 24.9 Å². The predicted molar refractivity (Wildman–Crippen MR) is 102 cm³/mol. The van der Waals surface area contributed by atoms with Crippen LogP contribution >= 0.6 is 23.4 Å². The zero-order valence-electron chi connectivity index (χ0n) is 13.5. The molecule has 0 aliphatic heterocycles. The van der Waals surface area contributed by atoms with Crippen molar-refractivity contribution >= 4 is 46.6 Å². The highest BCUT2D eigenvalue weighted by Gasteiger charge is 2.14. The number of halogens is 1. The molecule has 0 spiro atoms. The average Bonchev–Trinajstić information content (AvgIpc) is 2.53. The minimum absolute atomic E-state index is 0.0751. The minimum Gasteiger partial charge on any atom is -0.326 e. The van der Waals surface area contributed by atoms with Crippen molar-refractivity contribution in [3.63, 3.8) is 0 Å². The second kappa shape index (κ2) is 8.76. The Labute approximate surface area is 151 Å². The predicted octanol–water partition coefficient (Wildman–Crippen LogP) is 4.56. The maximum absolute atomic E-state index is 12.3. The molecule has 0 saturated carbocycles. The zero-order chi connectivity index (χ0) is 17.5. The van der Waals surface area contributed by atoms with E-state index in [1.54, 1.807) is 36.0 Å². The highest BCUT2D eigenvalue weighted by atomic mass is 35.5. The molecule has 0 fully saturated rings. The standard InChI is InChI=1S/C18H19ClN2O2S/c1-12(24-11-14-6-8-15(19)9-7-14)18(23)21-17-5-3-4-16(10-17)20-13(2)22/h3-10,12H,11H2,1-2H3,(H,20,22)(H,21,23). The van der Waals surface area contributed by atoms with Crippen LogP contribution in [0.15, 0.2) is 48.5 Å². The van der Waals surface area contributed by atoms with Crippen LogP contribution in [0.5, 0.6) is 0 Å². The summed E-state index contributed by atoms with van der Waals surface area (Å²) < 4.78 is 0. The Hall–Kier alpha value is -1.98. The molecule has 0 bridgehead atoms. The molecule has 2 amide bonds. The molecule has 24 heavy (non-hydrogen) atoms. The van der Waals surface area contributed by atoms with Gasteiger partial charge < -0.3 is 10.6 Å². The highest BCUT2D eigenvalue weighted by molar-refractivity contribution is 7.99. The van der Waals surface area contributed by atoms with Crippen LogP contribution in [0.3, 0.4) is 0 Å². The highest BCUT2D eigenvalue weighted by Crippen LogP contribution is 2.21. The number of nitrogens with one attached hydrogen (secondary N) is 2. The maximum Gasteiger partial charge on any atom is 0.237 e. The summed E-state index contributed by atoms with van der Waals surface area (Å²) in [5.41, 5.74) is 2.43. The SMILES string of the molecule is CC(=O)Nc1cccc(NC(=O)C(C)SCc2ccc(Cl)cc2)c1. The molecule has 0 aromatic heterocycles. The lowest BCUT2D eigenvalue weighted by Crippen LogP contribution is -2.22. The van der Waals surface area contributed by atoms with Gasteiger partial charge in [-0.1, -0.05) is 29.8 Å². The summed E-state index contributed by atoms with van der Waals surface area (Å²) in [7, 11) is 0. The van der Waals surface area contributed by atoms with Crippen molar-refractivity contribution in [2.75, 3.05) is 10.6 Å². The normalized spacial score (nSPS) is 11.6. The number of carbonyl (C=O) groups is 2. The molecule has 2 N–H and O–H groups in total. The van der Waals surface area contributed by atoms with Gasteiger partial charge in [-0.25, -0.2) is 0 Å². The molecular weight excluding hydrogens is 344 g/mol. The van der Waals surface area contributed by atoms with Crippen LogP contribution < -0.4 is 10.6 Å². The van der Waals surface area contributed by atoms with Crippen molar-refractivity contribution in [2.24, 2.45) is 0 Å². The van der Waals surface area contributed by atoms with E-state index in [0.717, 1.165) is 11.3 Å². The molecule has 0 saturated heterocycles. The van der Waals surface area contributed by atoms with Crippen molar-refractivity contribution in [3.05, 3.63) is 59.1 Å². The summed E-state index contributed by atoms with van der Waals surface area (Å²) in [6.07, 6.45) is 0. The molecule has 2 aromatic rings. The van der Waals surface area contributed by atoms with Gasteiger partial charge in [0.2, 0.25) is 11.8 Å². The molecule has 4 nitrogen and oxygen atoms in total. The van der Waals surface area contributed by atoms with E-state index in [1.165, 1.54) is 6.92 Å². The fraction of sp³-hybridized carbons (Fsp3) is 0.222. The van der Waals surface area contributed by atoms with E-state index in [0.29, 0.717) is 16.4 Å². The van der Waals surface area contributed by atoms with Gasteiger partial charge >= 0.3 is 0 Å². The van der Waals surface area contributed by atoms with Gasteiger partial charge in [-0.2, -0.15) is 0 Å². The Balaban J connectivity index is 1.89. The Morgan fingerprint density at radius 2 is 1.71 bits per heavy atom. The molecule has 0 radical (unpaired) electrons. The van der Waals surface area contributed by atoms with Gasteiger partial charge in [0.1, 0.15) is 0 Å². The van der Waals surface area contributed by atoms with E-state index < -0.39 is 0 Å². The first-order valence-corrected chi connectivity index (χ1v) is 8.91. The van der Waals surface area contributed by atoms with Gasteiger partial charge in [-0.15, -0.1) is 11.8 Å². The maximum atomic E-state index is 12.3. The summed E-state index contributed by atoms with van der Waals surface area (Å²) in [5, 5.41) is 6.06. The largest absolute Gasteiger partial charge is 0.326 e. The van der Waals surface area contributed by atoms with Crippen LogP contribution in [-0.4, -0.2) is 17.1 Å². The molecule has 2 rings (SSSR count). The number of hydrogen-bond donors (Lipinski definition) is 2. The molecule has 1 atom stereocenters. The Morgan fingerprint density at radius 1 is 1.08 bits per heavy atom. The first kappa shape index (κ1) is 18.4. The van der Waals surface area contributed by atoms with E-state index in [-0.39, 0.29) is 17.1 Å². The number of amides is 2. The minimum atomic E-state index is -0.204.